The van der Waals surface area contributed by atoms with Crippen molar-refractivity contribution in [1.82, 2.24) is 9.55 Å². The second-order valence-electron chi connectivity index (χ2n) is 4.65. The van der Waals surface area contributed by atoms with Gasteiger partial charge in [-0.3, -0.25) is 14.3 Å². The molecule has 0 aliphatic carbocycles. The topological polar surface area (TPSA) is 64.1 Å². The van der Waals surface area contributed by atoms with Crippen molar-refractivity contribution in [3.8, 4) is 12.3 Å². The van der Waals surface area contributed by atoms with Crippen LogP contribution in [0.4, 0.5) is 0 Å². The molecule has 0 unspecified atom stereocenters. The van der Waals surface area contributed by atoms with E-state index in [1.807, 2.05) is 13.8 Å². The zero-order valence-electron chi connectivity index (χ0n) is 10.7. The summed E-state index contributed by atoms with van der Waals surface area (Å²) in [5.41, 5.74) is -1.80. The van der Waals surface area contributed by atoms with Crippen molar-refractivity contribution >= 4 is 11.6 Å². The molecule has 1 saturated heterocycles. The minimum Gasteiger partial charge on any atom is -0.337 e. The van der Waals surface area contributed by atoms with Crippen LogP contribution in [0.2, 0.25) is 0 Å². The van der Waals surface area contributed by atoms with Gasteiger partial charge in [0.1, 0.15) is 5.60 Å². The second kappa shape index (κ2) is 4.87. The van der Waals surface area contributed by atoms with Crippen LogP contribution in [0.3, 0.4) is 0 Å². The summed E-state index contributed by atoms with van der Waals surface area (Å²) in [6, 6.07) is 1.25. The first-order chi connectivity index (χ1) is 8.95. The first-order valence-electron chi connectivity index (χ1n) is 6.06. The number of aromatic amines is 1. The summed E-state index contributed by atoms with van der Waals surface area (Å²) in [5.74, 6) is 2.54. The molecule has 0 bridgehead atoms. The second-order valence-corrected chi connectivity index (χ2v) is 5.15. The average Bonchev–Trinajstić information content (AvgIpc) is 2.64. The van der Waals surface area contributed by atoms with Gasteiger partial charge >= 0.3 is 5.69 Å². The quantitative estimate of drug-likeness (QED) is 0.652. The summed E-state index contributed by atoms with van der Waals surface area (Å²) in [6.45, 7) is 3.82. The van der Waals surface area contributed by atoms with Crippen LogP contribution in [0.1, 0.15) is 26.5 Å². The molecule has 1 aliphatic rings. The van der Waals surface area contributed by atoms with Gasteiger partial charge < -0.3 is 4.74 Å². The molecular weight excluding hydrogens is 268 g/mol. The third-order valence-electron chi connectivity index (χ3n) is 3.71. The molecule has 0 spiro atoms. The highest BCUT2D eigenvalue weighted by Gasteiger charge is 2.51. The van der Waals surface area contributed by atoms with Gasteiger partial charge in [0.25, 0.3) is 5.56 Å². The Morgan fingerprint density at radius 2 is 2.32 bits per heavy atom. The lowest BCUT2D eigenvalue weighted by molar-refractivity contribution is -0.0495. The minimum atomic E-state index is -0.785. The molecule has 0 amide bonds. The summed E-state index contributed by atoms with van der Waals surface area (Å²) in [7, 11) is 0. The lowest BCUT2D eigenvalue weighted by atomic mass is 9.87. The van der Waals surface area contributed by atoms with Crippen LogP contribution in [0, 0.1) is 18.3 Å². The van der Waals surface area contributed by atoms with Crippen LogP contribution >= 0.6 is 11.6 Å². The molecule has 1 aliphatic heterocycles. The third-order valence-corrected chi connectivity index (χ3v) is 4.31. The summed E-state index contributed by atoms with van der Waals surface area (Å²) < 4.78 is 7.12. The van der Waals surface area contributed by atoms with E-state index in [0.29, 0.717) is 6.42 Å². The van der Waals surface area contributed by atoms with Gasteiger partial charge in [-0.05, 0) is 6.42 Å². The summed E-state index contributed by atoms with van der Waals surface area (Å²) in [4.78, 5) is 25.0. The van der Waals surface area contributed by atoms with E-state index < -0.39 is 28.5 Å². The number of hydrogen-bond donors (Lipinski definition) is 1. The maximum atomic E-state index is 11.8. The van der Waals surface area contributed by atoms with Crippen LogP contribution in [0.25, 0.3) is 0 Å². The van der Waals surface area contributed by atoms with Gasteiger partial charge in [0, 0.05) is 18.2 Å². The maximum Gasteiger partial charge on any atom is 0.330 e. The molecule has 6 heteroatoms. The zero-order chi connectivity index (χ0) is 14.2. The normalized spacial score (nSPS) is 34.1. The number of terminal acetylenes is 1. The number of nitrogens with zero attached hydrogens (tertiary/aromatic N) is 1. The SMILES string of the molecule is C#C[C@]1(CC)O[C@@H](n2ccc(=O)[nH]c2=O)[C@H](Cl)[C@@H]1C. The van der Waals surface area contributed by atoms with E-state index in [9.17, 15) is 9.59 Å². The third kappa shape index (κ3) is 2.11. The molecule has 1 aromatic heterocycles. The number of ether oxygens (including phenoxy) is 1. The summed E-state index contributed by atoms with van der Waals surface area (Å²) in [6.07, 6.45) is 6.84. The lowest BCUT2D eigenvalue weighted by Gasteiger charge is -2.25. The van der Waals surface area contributed by atoms with Crippen LogP contribution in [-0.2, 0) is 4.74 Å². The number of aromatic nitrogens is 2. The van der Waals surface area contributed by atoms with Crippen LogP contribution in [0.5, 0.6) is 0 Å². The predicted octanol–water partition coefficient (Wildman–Crippen LogP) is 1.09. The number of rotatable bonds is 2. The smallest absolute Gasteiger partial charge is 0.330 e. The number of H-pyrrole nitrogens is 1. The van der Waals surface area contributed by atoms with Gasteiger partial charge in [0.05, 0.1) is 5.38 Å². The van der Waals surface area contributed by atoms with Crippen molar-refractivity contribution in [3.05, 3.63) is 33.1 Å². The Bertz CT molecular complexity index is 630. The molecule has 0 aromatic carbocycles. The number of nitrogens with one attached hydrogen (secondary N) is 1. The molecule has 102 valence electrons. The fraction of sp³-hybridized carbons (Fsp3) is 0.538. The Balaban J connectivity index is 2.46. The Labute approximate surface area is 115 Å². The van der Waals surface area contributed by atoms with Gasteiger partial charge in [-0.1, -0.05) is 19.8 Å². The minimum absolute atomic E-state index is 0.104. The highest BCUT2D eigenvalue weighted by Crippen LogP contribution is 2.45. The molecule has 19 heavy (non-hydrogen) atoms. The monoisotopic (exact) mass is 282 g/mol. The van der Waals surface area contributed by atoms with E-state index in [-0.39, 0.29) is 5.92 Å². The molecule has 0 saturated carbocycles. The average molecular weight is 283 g/mol. The molecule has 5 nitrogen and oxygen atoms in total. The van der Waals surface area contributed by atoms with Gasteiger partial charge in [-0.15, -0.1) is 18.0 Å². The van der Waals surface area contributed by atoms with Gasteiger partial charge in [-0.25, -0.2) is 4.79 Å². The lowest BCUT2D eigenvalue weighted by Crippen LogP contribution is -2.34. The van der Waals surface area contributed by atoms with Crippen molar-refractivity contribution in [1.29, 1.82) is 0 Å². The largest absolute Gasteiger partial charge is 0.337 e. The number of hydrogen-bond acceptors (Lipinski definition) is 3. The van der Waals surface area contributed by atoms with Crippen molar-refractivity contribution in [2.24, 2.45) is 5.92 Å². The molecule has 1 aromatic rings. The first kappa shape index (κ1) is 13.9. The van der Waals surface area contributed by atoms with Crippen molar-refractivity contribution in [2.75, 3.05) is 0 Å². The summed E-state index contributed by atoms with van der Waals surface area (Å²) >= 11 is 6.34. The van der Waals surface area contributed by atoms with Crippen LogP contribution in [-0.4, -0.2) is 20.5 Å². The first-order valence-corrected chi connectivity index (χ1v) is 6.50. The van der Waals surface area contributed by atoms with Gasteiger partial charge in [0.15, 0.2) is 6.23 Å². The Morgan fingerprint density at radius 1 is 1.63 bits per heavy atom. The van der Waals surface area contributed by atoms with Gasteiger partial charge in [-0.2, -0.15) is 0 Å². The van der Waals surface area contributed by atoms with E-state index in [1.54, 1.807) is 0 Å². The molecular formula is C13H15ClN2O3. The predicted molar refractivity (Wildman–Crippen MR) is 72.1 cm³/mol. The fourth-order valence-electron chi connectivity index (χ4n) is 2.40. The van der Waals surface area contributed by atoms with E-state index in [2.05, 4.69) is 10.9 Å². The Kier molecular flexibility index (Phi) is 3.57. The molecule has 1 N–H and O–H groups in total. The Hall–Kier alpha value is -1.51. The molecule has 0 radical (unpaired) electrons. The highest BCUT2D eigenvalue weighted by atomic mass is 35.5. The molecule has 2 rings (SSSR count). The Morgan fingerprint density at radius 3 is 2.79 bits per heavy atom. The standard InChI is InChI=1S/C13H15ClN2O3/c1-4-13(5-2)8(3)10(14)11(19-13)16-7-6-9(17)15-12(16)18/h1,6-8,10-11H,5H2,2-3H3,(H,15,17,18)/t8-,10+,11+,13+/m0/s1. The van der Waals surface area contributed by atoms with E-state index in [4.69, 9.17) is 22.8 Å². The molecule has 2 heterocycles. The van der Waals surface area contributed by atoms with Crippen LogP contribution < -0.4 is 11.2 Å². The maximum absolute atomic E-state index is 11.8. The zero-order valence-corrected chi connectivity index (χ0v) is 11.5. The van der Waals surface area contributed by atoms with Crippen LogP contribution in [0.15, 0.2) is 21.9 Å². The van der Waals surface area contributed by atoms with E-state index in [0.717, 1.165) is 0 Å². The van der Waals surface area contributed by atoms with E-state index >= 15 is 0 Å². The molecule has 4 atom stereocenters. The highest BCUT2D eigenvalue weighted by molar-refractivity contribution is 6.21. The fourth-order valence-corrected chi connectivity index (χ4v) is 2.78. The van der Waals surface area contributed by atoms with Gasteiger partial charge in [0.2, 0.25) is 0 Å². The number of alkyl halides is 1. The molecule has 1 fully saturated rings. The van der Waals surface area contributed by atoms with Crippen molar-refractivity contribution in [2.45, 2.75) is 37.5 Å². The number of halogens is 1. The summed E-state index contributed by atoms with van der Waals surface area (Å²) in [5, 5.41) is -0.445. The van der Waals surface area contributed by atoms with E-state index in [1.165, 1.54) is 16.8 Å². The van der Waals surface area contributed by atoms with Crippen molar-refractivity contribution < 1.29 is 4.74 Å². The van der Waals surface area contributed by atoms with Crippen molar-refractivity contribution in [3.63, 3.8) is 0 Å².